The number of aryl methyl sites for hydroxylation is 1. The van der Waals surface area contributed by atoms with Crippen molar-refractivity contribution in [2.24, 2.45) is 0 Å². The second kappa shape index (κ2) is 3.96. The van der Waals surface area contributed by atoms with Crippen molar-refractivity contribution in [3.63, 3.8) is 0 Å². The number of hydrogen-bond donors (Lipinski definition) is 1. The summed E-state index contributed by atoms with van der Waals surface area (Å²) >= 11 is 0. The molecule has 0 saturated heterocycles. The normalized spacial score (nSPS) is 10.6. The molecular formula is C11H15N. The highest BCUT2D eigenvalue weighted by Gasteiger charge is 1.94. The van der Waals surface area contributed by atoms with Crippen molar-refractivity contribution in [2.75, 3.05) is 12.4 Å². The van der Waals surface area contributed by atoms with Crippen LogP contribution in [0.5, 0.6) is 0 Å². The molecule has 0 heterocycles. The average molecular weight is 161 g/mol. The molecule has 0 fully saturated rings. The van der Waals surface area contributed by atoms with Crippen LogP contribution in [0.25, 0.3) is 6.08 Å². The van der Waals surface area contributed by atoms with E-state index in [1.807, 2.05) is 14.0 Å². The maximum Gasteiger partial charge on any atom is 0.0340 e. The van der Waals surface area contributed by atoms with Crippen LogP contribution >= 0.6 is 0 Å². The van der Waals surface area contributed by atoms with Crippen LogP contribution in [0, 0.1) is 6.92 Å². The number of hydrogen-bond acceptors (Lipinski definition) is 1. The van der Waals surface area contributed by atoms with Crippen LogP contribution in [0.3, 0.4) is 0 Å². The Kier molecular flexibility index (Phi) is 2.92. The topological polar surface area (TPSA) is 12.0 Å². The molecule has 0 aromatic heterocycles. The van der Waals surface area contributed by atoms with Crippen LogP contribution < -0.4 is 5.32 Å². The highest BCUT2D eigenvalue weighted by atomic mass is 14.8. The molecule has 0 saturated carbocycles. The molecular weight excluding hydrogens is 146 g/mol. The Morgan fingerprint density at radius 3 is 2.58 bits per heavy atom. The van der Waals surface area contributed by atoms with Crippen molar-refractivity contribution < 1.29 is 0 Å². The second-order valence-corrected chi connectivity index (χ2v) is 2.82. The van der Waals surface area contributed by atoms with Crippen LogP contribution in [0.15, 0.2) is 24.3 Å². The Balaban J connectivity index is 3.03. The molecule has 0 atom stereocenters. The minimum absolute atomic E-state index is 1.17. The van der Waals surface area contributed by atoms with Gasteiger partial charge in [0.05, 0.1) is 0 Å². The third-order valence-electron chi connectivity index (χ3n) is 1.90. The van der Waals surface area contributed by atoms with E-state index in [0.29, 0.717) is 0 Å². The van der Waals surface area contributed by atoms with Gasteiger partial charge in [0.15, 0.2) is 0 Å². The third kappa shape index (κ3) is 1.88. The van der Waals surface area contributed by atoms with Crippen molar-refractivity contribution in [2.45, 2.75) is 13.8 Å². The molecule has 0 spiro atoms. The number of allylic oxidation sites excluding steroid dienone is 1. The Labute approximate surface area is 74.1 Å². The number of anilines is 1. The summed E-state index contributed by atoms with van der Waals surface area (Å²) in [6, 6.07) is 6.36. The predicted octanol–water partition coefficient (Wildman–Crippen LogP) is 3.07. The van der Waals surface area contributed by atoms with E-state index in [0.717, 1.165) is 0 Å². The zero-order valence-corrected chi connectivity index (χ0v) is 7.89. The van der Waals surface area contributed by atoms with Crippen LogP contribution in [0.4, 0.5) is 5.69 Å². The van der Waals surface area contributed by atoms with Crippen molar-refractivity contribution in [3.05, 3.63) is 35.4 Å². The first-order valence-electron chi connectivity index (χ1n) is 4.19. The fraction of sp³-hybridized carbons (Fsp3) is 0.273. The van der Waals surface area contributed by atoms with E-state index in [1.54, 1.807) is 0 Å². The molecule has 1 N–H and O–H groups in total. The smallest absolute Gasteiger partial charge is 0.0340 e. The highest BCUT2D eigenvalue weighted by molar-refractivity contribution is 5.58. The van der Waals surface area contributed by atoms with Crippen molar-refractivity contribution in [1.82, 2.24) is 0 Å². The molecule has 1 rings (SSSR count). The molecule has 0 aliphatic heterocycles. The first-order chi connectivity index (χ1) is 5.77. The summed E-state index contributed by atoms with van der Waals surface area (Å²) in [6.07, 6.45) is 4.18. The minimum Gasteiger partial charge on any atom is -0.388 e. The first kappa shape index (κ1) is 8.85. The molecule has 64 valence electrons. The average Bonchev–Trinajstić information content (AvgIpc) is 2.09. The van der Waals surface area contributed by atoms with Crippen molar-refractivity contribution in [3.8, 4) is 0 Å². The van der Waals surface area contributed by atoms with Gasteiger partial charge >= 0.3 is 0 Å². The lowest BCUT2D eigenvalue weighted by atomic mass is 10.1. The summed E-state index contributed by atoms with van der Waals surface area (Å²) in [5, 5.41) is 3.11. The van der Waals surface area contributed by atoms with E-state index in [4.69, 9.17) is 0 Å². The molecule has 1 heteroatoms. The summed E-state index contributed by atoms with van der Waals surface area (Å²) < 4.78 is 0. The van der Waals surface area contributed by atoms with Crippen molar-refractivity contribution >= 4 is 11.8 Å². The van der Waals surface area contributed by atoms with E-state index in [-0.39, 0.29) is 0 Å². The van der Waals surface area contributed by atoms with Gasteiger partial charge < -0.3 is 5.32 Å². The van der Waals surface area contributed by atoms with Gasteiger partial charge in [0.2, 0.25) is 0 Å². The van der Waals surface area contributed by atoms with Gasteiger partial charge in [-0.15, -0.1) is 0 Å². The summed E-state index contributed by atoms with van der Waals surface area (Å²) in [5.41, 5.74) is 3.76. The SMILES string of the molecule is C/C=C\c1ccc(NC)cc1C. The zero-order chi connectivity index (χ0) is 8.97. The maximum atomic E-state index is 3.11. The summed E-state index contributed by atoms with van der Waals surface area (Å²) in [7, 11) is 1.93. The van der Waals surface area contributed by atoms with E-state index in [9.17, 15) is 0 Å². The first-order valence-corrected chi connectivity index (χ1v) is 4.19. The molecule has 1 nitrogen and oxygen atoms in total. The Morgan fingerprint density at radius 2 is 2.08 bits per heavy atom. The van der Waals surface area contributed by atoms with Gasteiger partial charge in [-0.05, 0) is 37.1 Å². The second-order valence-electron chi connectivity index (χ2n) is 2.82. The Bertz CT molecular complexity index is 287. The molecule has 0 aliphatic rings. The number of rotatable bonds is 2. The standard InChI is InChI=1S/C11H15N/c1-4-5-10-6-7-11(12-3)8-9(10)2/h4-8,12H,1-3H3/b5-4-. The fourth-order valence-corrected chi connectivity index (χ4v) is 1.20. The Hall–Kier alpha value is -1.24. The number of nitrogens with one attached hydrogen (secondary N) is 1. The third-order valence-corrected chi connectivity index (χ3v) is 1.90. The van der Waals surface area contributed by atoms with Gasteiger partial charge in [0.25, 0.3) is 0 Å². The summed E-state index contributed by atoms with van der Waals surface area (Å²) in [6.45, 7) is 4.15. The largest absolute Gasteiger partial charge is 0.388 e. The molecule has 0 bridgehead atoms. The van der Waals surface area contributed by atoms with Gasteiger partial charge in [0, 0.05) is 12.7 Å². The molecule has 0 amide bonds. The van der Waals surface area contributed by atoms with E-state index in [2.05, 4.69) is 42.6 Å². The molecule has 12 heavy (non-hydrogen) atoms. The van der Waals surface area contributed by atoms with Crippen LogP contribution in [-0.2, 0) is 0 Å². The molecule has 1 aromatic carbocycles. The molecule has 0 radical (unpaired) electrons. The molecule has 1 aromatic rings. The van der Waals surface area contributed by atoms with Gasteiger partial charge in [-0.1, -0.05) is 18.2 Å². The summed E-state index contributed by atoms with van der Waals surface area (Å²) in [4.78, 5) is 0. The van der Waals surface area contributed by atoms with E-state index >= 15 is 0 Å². The molecule has 0 unspecified atom stereocenters. The lowest BCUT2D eigenvalue weighted by Gasteiger charge is -2.04. The molecule has 0 aliphatic carbocycles. The van der Waals surface area contributed by atoms with Crippen LogP contribution in [-0.4, -0.2) is 7.05 Å². The van der Waals surface area contributed by atoms with Crippen molar-refractivity contribution in [1.29, 1.82) is 0 Å². The van der Waals surface area contributed by atoms with Crippen LogP contribution in [0.1, 0.15) is 18.1 Å². The van der Waals surface area contributed by atoms with Crippen LogP contribution in [0.2, 0.25) is 0 Å². The lowest BCUT2D eigenvalue weighted by Crippen LogP contribution is -1.89. The highest BCUT2D eigenvalue weighted by Crippen LogP contribution is 2.15. The van der Waals surface area contributed by atoms with E-state index < -0.39 is 0 Å². The fourth-order valence-electron chi connectivity index (χ4n) is 1.20. The quantitative estimate of drug-likeness (QED) is 0.703. The number of benzene rings is 1. The van der Waals surface area contributed by atoms with Gasteiger partial charge in [-0.2, -0.15) is 0 Å². The Morgan fingerprint density at radius 1 is 1.33 bits per heavy atom. The van der Waals surface area contributed by atoms with Gasteiger partial charge in [-0.3, -0.25) is 0 Å². The lowest BCUT2D eigenvalue weighted by molar-refractivity contribution is 1.41. The summed E-state index contributed by atoms with van der Waals surface area (Å²) in [5.74, 6) is 0. The zero-order valence-electron chi connectivity index (χ0n) is 7.89. The van der Waals surface area contributed by atoms with Gasteiger partial charge in [-0.25, -0.2) is 0 Å². The van der Waals surface area contributed by atoms with E-state index in [1.165, 1.54) is 16.8 Å². The predicted molar refractivity (Wildman–Crippen MR) is 55.4 cm³/mol. The minimum atomic E-state index is 1.17. The maximum absolute atomic E-state index is 3.11. The van der Waals surface area contributed by atoms with Gasteiger partial charge in [0.1, 0.15) is 0 Å². The monoisotopic (exact) mass is 161 g/mol.